The highest BCUT2D eigenvalue weighted by Gasteiger charge is 2.39. The van der Waals surface area contributed by atoms with Gasteiger partial charge in [0.2, 0.25) is 5.28 Å². The molecule has 1 aromatic rings. The molecular formula is C15H16ClF3N3O4P. The monoisotopic (exact) mass is 425 g/mol. The fraction of sp³-hybridized carbons (Fsp3) is 0.467. The van der Waals surface area contributed by atoms with Crippen LogP contribution in [0.25, 0.3) is 0 Å². The smallest absolute Gasteiger partial charge is 0.455 e. The average Bonchev–Trinajstić information content (AvgIpc) is 2.50. The summed E-state index contributed by atoms with van der Waals surface area (Å²) < 4.78 is 47.5. The normalized spacial score (nSPS) is 12.6. The summed E-state index contributed by atoms with van der Waals surface area (Å²) in [5, 5.41) is 1.21. The van der Waals surface area contributed by atoms with Crippen LogP contribution in [0.4, 0.5) is 23.8 Å². The molecule has 0 aliphatic heterocycles. The standard InChI is InChI=1S/C15H16ClF3N3O4P/c1-14(2,3)26-13(24)27(4)25-7-5-6-9-8-20-12(16)22-10(9)21-11(23)15(17,18)19/h8H,7H2,1-4H3,(H,20,21,22,23). The van der Waals surface area contributed by atoms with Crippen LogP contribution >= 0.6 is 19.7 Å². The molecule has 12 heteroatoms. The van der Waals surface area contributed by atoms with Crippen LogP contribution in [-0.4, -0.2) is 46.6 Å². The lowest BCUT2D eigenvalue weighted by atomic mass is 10.2. The van der Waals surface area contributed by atoms with Crippen molar-refractivity contribution in [3.63, 3.8) is 0 Å². The molecular weight excluding hydrogens is 410 g/mol. The number of carbonyl (C=O) groups is 2. The summed E-state index contributed by atoms with van der Waals surface area (Å²) in [5.74, 6) is 2.25. The van der Waals surface area contributed by atoms with E-state index in [0.29, 0.717) is 0 Å². The highest BCUT2D eigenvalue weighted by atomic mass is 35.5. The molecule has 0 bridgehead atoms. The van der Waals surface area contributed by atoms with E-state index in [2.05, 4.69) is 21.8 Å². The molecule has 1 N–H and O–H groups in total. The van der Waals surface area contributed by atoms with E-state index in [1.165, 1.54) is 6.66 Å². The molecule has 0 radical (unpaired) electrons. The van der Waals surface area contributed by atoms with Crippen molar-refractivity contribution in [2.45, 2.75) is 32.5 Å². The first-order valence-corrected chi connectivity index (χ1v) is 9.37. The van der Waals surface area contributed by atoms with E-state index in [4.69, 9.17) is 20.9 Å². The Kier molecular flexibility index (Phi) is 7.96. The average molecular weight is 426 g/mol. The second-order valence-corrected chi connectivity index (χ2v) is 7.86. The van der Waals surface area contributed by atoms with Gasteiger partial charge in [-0.2, -0.15) is 18.2 Å². The van der Waals surface area contributed by atoms with E-state index in [-0.39, 0.29) is 17.5 Å². The van der Waals surface area contributed by atoms with Crippen LogP contribution in [0, 0.1) is 11.8 Å². The molecule has 1 heterocycles. The fourth-order valence-corrected chi connectivity index (χ4v) is 2.26. The molecule has 1 unspecified atom stereocenters. The van der Waals surface area contributed by atoms with Gasteiger partial charge in [0.1, 0.15) is 20.4 Å². The molecule has 27 heavy (non-hydrogen) atoms. The van der Waals surface area contributed by atoms with Crippen molar-refractivity contribution < 1.29 is 32.0 Å². The molecule has 0 aromatic carbocycles. The Morgan fingerprint density at radius 2 is 1.96 bits per heavy atom. The predicted octanol–water partition coefficient (Wildman–Crippen LogP) is 3.96. The molecule has 0 saturated carbocycles. The quantitative estimate of drug-likeness (QED) is 0.446. The molecule has 0 aliphatic carbocycles. The summed E-state index contributed by atoms with van der Waals surface area (Å²) >= 11 is 5.53. The van der Waals surface area contributed by atoms with Crippen molar-refractivity contribution in [3.8, 4) is 11.8 Å². The zero-order valence-electron chi connectivity index (χ0n) is 14.8. The van der Waals surface area contributed by atoms with Gasteiger partial charge in [-0.05, 0) is 39.0 Å². The Balaban J connectivity index is 2.78. The minimum absolute atomic E-state index is 0.0988. The maximum atomic E-state index is 12.4. The molecule has 0 aliphatic rings. The number of alkyl halides is 3. The van der Waals surface area contributed by atoms with Gasteiger partial charge in [0.05, 0.1) is 5.56 Å². The summed E-state index contributed by atoms with van der Waals surface area (Å²) in [6.07, 6.45) is -4.05. The van der Waals surface area contributed by atoms with Gasteiger partial charge in [-0.3, -0.25) is 4.79 Å². The number of anilines is 1. The van der Waals surface area contributed by atoms with Crippen molar-refractivity contribution in [1.29, 1.82) is 0 Å². The first kappa shape index (κ1) is 23.1. The van der Waals surface area contributed by atoms with Gasteiger partial charge in [0.25, 0.3) is 0 Å². The highest BCUT2D eigenvalue weighted by Crippen LogP contribution is 2.36. The molecule has 1 amide bonds. The minimum Gasteiger partial charge on any atom is -0.455 e. The second kappa shape index (κ2) is 9.31. The summed E-state index contributed by atoms with van der Waals surface area (Å²) in [6, 6.07) is 0. The van der Waals surface area contributed by atoms with Crippen LogP contribution in [0.1, 0.15) is 26.3 Å². The lowest BCUT2D eigenvalue weighted by Crippen LogP contribution is -2.30. The molecule has 0 saturated heterocycles. The second-order valence-electron chi connectivity index (χ2n) is 5.91. The van der Waals surface area contributed by atoms with E-state index >= 15 is 0 Å². The van der Waals surface area contributed by atoms with Crippen molar-refractivity contribution in [2.75, 3.05) is 18.6 Å². The topological polar surface area (TPSA) is 90.4 Å². The first-order chi connectivity index (χ1) is 12.3. The summed E-state index contributed by atoms with van der Waals surface area (Å²) in [7, 11) is -1.56. The van der Waals surface area contributed by atoms with Crippen molar-refractivity contribution in [1.82, 2.24) is 9.97 Å². The van der Waals surface area contributed by atoms with Gasteiger partial charge in [0.15, 0.2) is 5.82 Å². The molecule has 148 valence electrons. The van der Waals surface area contributed by atoms with E-state index in [0.717, 1.165) is 6.20 Å². The Bertz CT molecular complexity index is 772. The number of rotatable bonds is 4. The molecule has 1 aromatic heterocycles. The Morgan fingerprint density at radius 3 is 2.52 bits per heavy atom. The highest BCUT2D eigenvalue weighted by molar-refractivity contribution is 7.69. The summed E-state index contributed by atoms with van der Waals surface area (Å²) in [4.78, 5) is 29.9. The zero-order valence-corrected chi connectivity index (χ0v) is 16.4. The molecule has 1 rings (SSSR count). The number of amides is 1. The third-order valence-electron chi connectivity index (χ3n) is 2.45. The third-order valence-corrected chi connectivity index (χ3v) is 3.76. The Hall–Kier alpha value is -1.95. The van der Waals surface area contributed by atoms with Gasteiger partial charge in [0, 0.05) is 6.20 Å². The van der Waals surface area contributed by atoms with Crippen LogP contribution in [0.5, 0.6) is 0 Å². The minimum atomic E-state index is -5.10. The molecule has 1 atom stereocenters. The van der Waals surface area contributed by atoms with Crippen LogP contribution in [0.3, 0.4) is 0 Å². The Morgan fingerprint density at radius 1 is 1.33 bits per heavy atom. The summed E-state index contributed by atoms with van der Waals surface area (Å²) in [5.41, 5.74) is -1.28. The van der Waals surface area contributed by atoms with Gasteiger partial charge < -0.3 is 14.6 Å². The lowest BCUT2D eigenvalue weighted by Gasteiger charge is -2.21. The molecule has 7 nitrogen and oxygen atoms in total. The summed E-state index contributed by atoms with van der Waals surface area (Å²) in [6.45, 7) is 6.48. The maximum absolute atomic E-state index is 12.4. The number of ether oxygens (including phenoxy) is 1. The number of aromatic nitrogens is 2. The van der Waals surface area contributed by atoms with Crippen LogP contribution in [0.15, 0.2) is 6.20 Å². The SMILES string of the molecule is CP(OCC#Cc1cnc(Cl)nc1NC(=O)C(F)(F)F)C(=O)OC(C)(C)C. The number of nitrogens with zero attached hydrogens (tertiary/aromatic N) is 2. The number of halogens is 4. The largest absolute Gasteiger partial charge is 0.471 e. The predicted molar refractivity (Wildman–Crippen MR) is 93.6 cm³/mol. The van der Waals surface area contributed by atoms with E-state index in [1.54, 1.807) is 26.1 Å². The van der Waals surface area contributed by atoms with E-state index < -0.39 is 37.4 Å². The fourth-order valence-electron chi connectivity index (χ4n) is 1.36. The number of hydrogen-bond acceptors (Lipinski definition) is 6. The van der Waals surface area contributed by atoms with Crippen LogP contribution < -0.4 is 5.32 Å². The number of nitrogens with one attached hydrogen (secondary N) is 1. The van der Waals surface area contributed by atoms with E-state index in [1.807, 2.05) is 0 Å². The van der Waals surface area contributed by atoms with Gasteiger partial charge in [-0.15, -0.1) is 0 Å². The van der Waals surface area contributed by atoms with Crippen LogP contribution in [-0.2, 0) is 14.1 Å². The molecule has 0 fully saturated rings. The first-order valence-electron chi connectivity index (χ1n) is 7.29. The lowest BCUT2D eigenvalue weighted by molar-refractivity contribution is -0.167. The van der Waals surface area contributed by atoms with Gasteiger partial charge in [-0.25, -0.2) is 9.78 Å². The zero-order chi connectivity index (χ0) is 20.8. The van der Waals surface area contributed by atoms with Crippen molar-refractivity contribution >= 4 is 37.2 Å². The number of hydrogen-bond donors (Lipinski definition) is 1. The molecule has 0 spiro atoms. The van der Waals surface area contributed by atoms with Crippen molar-refractivity contribution in [3.05, 3.63) is 17.0 Å². The van der Waals surface area contributed by atoms with Crippen LogP contribution in [0.2, 0.25) is 5.28 Å². The maximum Gasteiger partial charge on any atom is 0.471 e. The van der Waals surface area contributed by atoms with Gasteiger partial charge >= 0.3 is 17.8 Å². The third kappa shape index (κ3) is 8.52. The van der Waals surface area contributed by atoms with Crippen molar-refractivity contribution in [2.24, 2.45) is 0 Å². The Labute approximate surface area is 159 Å². The van der Waals surface area contributed by atoms with Gasteiger partial charge in [-0.1, -0.05) is 11.8 Å². The van der Waals surface area contributed by atoms with E-state index in [9.17, 15) is 22.8 Å². The number of carbonyl (C=O) groups excluding carboxylic acids is 2.